The summed E-state index contributed by atoms with van der Waals surface area (Å²) in [6.07, 6.45) is 1.99. The number of rotatable bonds is 4. The Hall–Kier alpha value is -0.970. The van der Waals surface area contributed by atoms with Crippen LogP contribution in [0.2, 0.25) is 0 Å². The zero-order chi connectivity index (χ0) is 12.1. The van der Waals surface area contributed by atoms with E-state index in [4.69, 9.17) is 5.73 Å². The van der Waals surface area contributed by atoms with Gasteiger partial charge in [-0.2, -0.15) is 0 Å². The molecule has 1 saturated heterocycles. The van der Waals surface area contributed by atoms with E-state index < -0.39 is 0 Å². The van der Waals surface area contributed by atoms with Crippen molar-refractivity contribution in [3.05, 3.63) is 29.6 Å². The Morgan fingerprint density at radius 3 is 2.47 bits per heavy atom. The van der Waals surface area contributed by atoms with E-state index in [1.807, 2.05) is 13.1 Å². The minimum Gasteiger partial charge on any atom is -0.329 e. The van der Waals surface area contributed by atoms with Gasteiger partial charge in [-0.3, -0.25) is 14.8 Å². The van der Waals surface area contributed by atoms with E-state index in [-0.39, 0.29) is 0 Å². The first kappa shape index (κ1) is 12.5. The molecule has 0 saturated carbocycles. The predicted molar refractivity (Wildman–Crippen MR) is 69.7 cm³/mol. The van der Waals surface area contributed by atoms with E-state index in [1.165, 1.54) is 5.56 Å². The lowest BCUT2D eigenvalue weighted by molar-refractivity contribution is 0.129. The number of hydrogen-bond acceptors (Lipinski definition) is 4. The molecule has 94 valence electrons. The van der Waals surface area contributed by atoms with Crippen molar-refractivity contribution in [2.45, 2.75) is 13.5 Å². The van der Waals surface area contributed by atoms with Gasteiger partial charge >= 0.3 is 0 Å². The number of aromatic nitrogens is 1. The molecule has 0 aromatic carbocycles. The fraction of sp³-hybridized carbons (Fsp3) is 0.615. The molecule has 17 heavy (non-hydrogen) atoms. The van der Waals surface area contributed by atoms with Crippen molar-refractivity contribution in [1.82, 2.24) is 14.8 Å². The summed E-state index contributed by atoms with van der Waals surface area (Å²) in [7, 11) is 0. The third kappa shape index (κ3) is 3.77. The zero-order valence-corrected chi connectivity index (χ0v) is 10.6. The van der Waals surface area contributed by atoms with Crippen molar-refractivity contribution in [2.75, 3.05) is 39.3 Å². The summed E-state index contributed by atoms with van der Waals surface area (Å²) in [6, 6.07) is 4.26. The molecular formula is C13H22N4. The Balaban J connectivity index is 1.79. The Kier molecular flexibility index (Phi) is 4.48. The number of nitrogens with two attached hydrogens (primary N) is 1. The monoisotopic (exact) mass is 234 g/mol. The highest BCUT2D eigenvalue weighted by atomic mass is 15.3. The van der Waals surface area contributed by atoms with Gasteiger partial charge in [0.05, 0.1) is 0 Å². The second-order valence-electron chi connectivity index (χ2n) is 4.71. The van der Waals surface area contributed by atoms with Gasteiger partial charge in [-0.05, 0) is 18.6 Å². The van der Waals surface area contributed by atoms with Crippen molar-refractivity contribution >= 4 is 0 Å². The standard InChI is InChI=1S/C13H22N4/c1-12-2-3-13(10-15-12)11-17-8-6-16(5-4-14)7-9-17/h2-3,10H,4-9,11,14H2,1H3. The average molecular weight is 234 g/mol. The van der Waals surface area contributed by atoms with Gasteiger partial charge in [0.2, 0.25) is 0 Å². The first-order valence-electron chi connectivity index (χ1n) is 6.34. The molecule has 0 amide bonds. The summed E-state index contributed by atoms with van der Waals surface area (Å²) in [4.78, 5) is 9.26. The minimum absolute atomic E-state index is 0.766. The number of pyridine rings is 1. The van der Waals surface area contributed by atoms with Crippen molar-refractivity contribution < 1.29 is 0 Å². The third-order valence-corrected chi connectivity index (χ3v) is 3.29. The van der Waals surface area contributed by atoms with Gasteiger partial charge in [-0.25, -0.2) is 0 Å². The minimum atomic E-state index is 0.766. The second-order valence-corrected chi connectivity index (χ2v) is 4.71. The van der Waals surface area contributed by atoms with E-state index >= 15 is 0 Å². The van der Waals surface area contributed by atoms with Gasteiger partial charge in [-0.1, -0.05) is 6.07 Å². The highest BCUT2D eigenvalue weighted by Gasteiger charge is 2.15. The summed E-state index contributed by atoms with van der Waals surface area (Å²) >= 11 is 0. The maximum absolute atomic E-state index is 5.57. The number of nitrogens with zero attached hydrogens (tertiary/aromatic N) is 3. The molecule has 1 aliphatic rings. The molecule has 1 aromatic rings. The molecule has 0 radical (unpaired) electrons. The average Bonchev–Trinajstić information content (AvgIpc) is 2.35. The molecular weight excluding hydrogens is 212 g/mol. The van der Waals surface area contributed by atoms with Gasteiger partial charge in [0, 0.05) is 57.7 Å². The fourth-order valence-electron chi connectivity index (χ4n) is 2.20. The van der Waals surface area contributed by atoms with Crippen LogP contribution >= 0.6 is 0 Å². The van der Waals surface area contributed by atoms with Crippen molar-refractivity contribution in [2.24, 2.45) is 5.73 Å². The molecule has 0 spiro atoms. The van der Waals surface area contributed by atoms with E-state index in [0.717, 1.165) is 51.5 Å². The quantitative estimate of drug-likeness (QED) is 0.822. The molecule has 0 unspecified atom stereocenters. The highest BCUT2D eigenvalue weighted by molar-refractivity contribution is 5.13. The molecule has 1 aliphatic heterocycles. The summed E-state index contributed by atoms with van der Waals surface area (Å²) in [6.45, 7) is 9.37. The van der Waals surface area contributed by atoms with Crippen LogP contribution < -0.4 is 5.73 Å². The molecule has 2 rings (SSSR count). The van der Waals surface area contributed by atoms with Gasteiger partial charge in [0.1, 0.15) is 0 Å². The van der Waals surface area contributed by atoms with Crippen LogP contribution in [0.25, 0.3) is 0 Å². The van der Waals surface area contributed by atoms with E-state index in [2.05, 4.69) is 26.9 Å². The lowest BCUT2D eigenvalue weighted by Crippen LogP contribution is -2.47. The molecule has 0 aliphatic carbocycles. The molecule has 0 atom stereocenters. The molecule has 4 nitrogen and oxygen atoms in total. The number of hydrogen-bond donors (Lipinski definition) is 1. The van der Waals surface area contributed by atoms with E-state index in [1.54, 1.807) is 0 Å². The highest BCUT2D eigenvalue weighted by Crippen LogP contribution is 2.07. The van der Waals surface area contributed by atoms with Crippen molar-refractivity contribution in [1.29, 1.82) is 0 Å². The van der Waals surface area contributed by atoms with Gasteiger partial charge in [0.25, 0.3) is 0 Å². The zero-order valence-electron chi connectivity index (χ0n) is 10.6. The largest absolute Gasteiger partial charge is 0.329 e. The summed E-state index contributed by atoms with van der Waals surface area (Å²) in [5.41, 5.74) is 7.96. The Labute approximate surface area is 103 Å². The Morgan fingerprint density at radius 1 is 1.18 bits per heavy atom. The molecule has 2 N–H and O–H groups in total. The SMILES string of the molecule is Cc1ccc(CN2CCN(CCN)CC2)cn1. The van der Waals surface area contributed by atoms with Gasteiger partial charge in [0.15, 0.2) is 0 Å². The van der Waals surface area contributed by atoms with Crippen LogP contribution in [0.4, 0.5) is 0 Å². The van der Waals surface area contributed by atoms with Crippen molar-refractivity contribution in [3.63, 3.8) is 0 Å². The topological polar surface area (TPSA) is 45.4 Å². The maximum Gasteiger partial charge on any atom is 0.0372 e. The third-order valence-electron chi connectivity index (χ3n) is 3.29. The van der Waals surface area contributed by atoms with E-state index in [0.29, 0.717) is 0 Å². The molecule has 2 heterocycles. The van der Waals surface area contributed by atoms with Crippen LogP contribution in [0.3, 0.4) is 0 Å². The first-order valence-corrected chi connectivity index (χ1v) is 6.34. The first-order chi connectivity index (χ1) is 8.28. The van der Waals surface area contributed by atoms with Gasteiger partial charge in [-0.15, -0.1) is 0 Å². The van der Waals surface area contributed by atoms with Crippen molar-refractivity contribution in [3.8, 4) is 0 Å². The fourth-order valence-corrected chi connectivity index (χ4v) is 2.20. The molecule has 1 fully saturated rings. The summed E-state index contributed by atoms with van der Waals surface area (Å²) in [5, 5.41) is 0. The van der Waals surface area contributed by atoms with Crippen LogP contribution in [-0.4, -0.2) is 54.1 Å². The van der Waals surface area contributed by atoms with Crippen LogP contribution in [0.5, 0.6) is 0 Å². The summed E-state index contributed by atoms with van der Waals surface area (Å²) in [5.74, 6) is 0. The lowest BCUT2D eigenvalue weighted by Gasteiger charge is -2.34. The predicted octanol–water partition coefficient (Wildman–Crippen LogP) is 0.466. The smallest absolute Gasteiger partial charge is 0.0372 e. The molecule has 0 bridgehead atoms. The van der Waals surface area contributed by atoms with Crippen LogP contribution in [0.1, 0.15) is 11.3 Å². The summed E-state index contributed by atoms with van der Waals surface area (Å²) < 4.78 is 0. The number of aryl methyl sites for hydroxylation is 1. The van der Waals surface area contributed by atoms with Gasteiger partial charge < -0.3 is 5.73 Å². The molecule has 4 heteroatoms. The number of piperazine rings is 1. The van der Waals surface area contributed by atoms with Crippen LogP contribution in [0, 0.1) is 6.92 Å². The van der Waals surface area contributed by atoms with Crippen LogP contribution in [0.15, 0.2) is 18.3 Å². The Bertz CT molecular complexity index is 328. The maximum atomic E-state index is 5.57. The van der Waals surface area contributed by atoms with Crippen LogP contribution in [-0.2, 0) is 6.54 Å². The van der Waals surface area contributed by atoms with E-state index in [9.17, 15) is 0 Å². The molecule has 1 aromatic heterocycles. The lowest BCUT2D eigenvalue weighted by atomic mass is 10.2. The second kappa shape index (κ2) is 6.10. The normalized spacial score (nSPS) is 18.5. The Morgan fingerprint density at radius 2 is 1.88 bits per heavy atom.